The number of fused-ring (bicyclic) bond motifs is 1. The van der Waals surface area contributed by atoms with Gasteiger partial charge in [-0.25, -0.2) is 0 Å². The van der Waals surface area contributed by atoms with E-state index in [2.05, 4.69) is 5.16 Å². The van der Waals surface area contributed by atoms with Gasteiger partial charge in [0, 0.05) is 12.6 Å². The molecule has 1 aromatic carbocycles. The monoisotopic (exact) mass is 262 g/mol. The van der Waals surface area contributed by atoms with Crippen molar-refractivity contribution in [2.24, 2.45) is 5.16 Å². The van der Waals surface area contributed by atoms with Gasteiger partial charge < -0.3 is 14.3 Å². The van der Waals surface area contributed by atoms with Gasteiger partial charge in [0.15, 0.2) is 17.3 Å². The van der Waals surface area contributed by atoms with E-state index < -0.39 is 5.60 Å². The fourth-order valence-corrected chi connectivity index (χ4v) is 2.04. The summed E-state index contributed by atoms with van der Waals surface area (Å²) in [7, 11) is 1.68. The van der Waals surface area contributed by atoms with Crippen LogP contribution < -0.4 is 9.47 Å². The number of hydrogen-bond acceptors (Lipinski definition) is 5. The van der Waals surface area contributed by atoms with Gasteiger partial charge in [-0.1, -0.05) is 5.16 Å². The number of carbonyl (C=O) groups excluding carboxylic acids is 1. The lowest BCUT2D eigenvalue weighted by molar-refractivity contribution is -0.153. The smallest absolute Gasteiger partial charge is 0.274 e. The second-order valence-corrected chi connectivity index (χ2v) is 4.95. The van der Waals surface area contributed by atoms with Crippen LogP contribution in [0, 0.1) is 0 Å². The molecule has 2 heterocycles. The largest absolute Gasteiger partial charge is 0.454 e. The maximum absolute atomic E-state index is 12.1. The first-order chi connectivity index (χ1) is 8.99. The molecule has 0 unspecified atom stereocenters. The van der Waals surface area contributed by atoms with Gasteiger partial charge in [0.05, 0.1) is 0 Å². The number of rotatable bonds is 1. The quantitative estimate of drug-likeness (QED) is 0.766. The van der Waals surface area contributed by atoms with Crippen molar-refractivity contribution >= 4 is 11.7 Å². The van der Waals surface area contributed by atoms with Crippen molar-refractivity contribution in [3.8, 4) is 11.5 Å². The van der Waals surface area contributed by atoms with Gasteiger partial charge in [-0.2, -0.15) is 0 Å². The highest BCUT2D eigenvalue weighted by Gasteiger charge is 2.39. The lowest BCUT2D eigenvalue weighted by atomic mass is 10.1. The van der Waals surface area contributed by atoms with Crippen molar-refractivity contribution in [2.75, 3.05) is 13.8 Å². The highest BCUT2D eigenvalue weighted by atomic mass is 16.7. The van der Waals surface area contributed by atoms with Crippen LogP contribution in [0.15, 0.2) is 23.4 Å². The molecular weight excluding hydrogens is 248 g/mol. The molecule has 2 aliphatic heterocycles. The molecule has 0 spiro atoms. The first kappa shape index (κ1) is 11.8. The Kier molecular flexibility index (Phi) is 2.41. The van der Waals surface area contributed by atoms with Crippen LogP contribution in [0.3, 0.4) is 0 Å². The van der Waals surface area contributed by atoms with E-state index in [0.717, 1.165) is 5.56 Å². The molecule has 0 saturated heterocycles. The standard InChI is InChI=1S/C13H14N2O4/c1-13(2)12(16)15(3)11(14-19-13)8-4-5-9-10(6-8)18-7-17-9/h4-6H,7H2,1-3H3. The Bertz CT molecular complexity index is 580. The zero-order chi connectivity index (χ0) is 13.6. The maximum atomic E-state index is 12.1. The van der Waals surface area contributed by atoms with Crippen LogP contribution in [-0.4, -0.2) is 36.1 Å². The molecule has 0 N–H and O–H groups in total. The van der Waals surface area contributed by atoms with E-state index in [1.54, 1.807) is 33.0 Å². The Labute approximate surface area is 110 Å². The first-order valence-electron chi connectivity index (χ1n) is 5.93. The number of ether oxygens (including phenoxy) is 2. The Morgan fingerprint density at radius 1 is 1.26 bits per heavy atom. The van der Waals surface area contributed by atoms with E-state index in [-0.39, 0.29) is 12.7 Å². The van der Waals surface area contributed by atoms with Crippen molar-refractivity contribution < 1.29 is 19.1 Å². The molecule has 100 valence electrons. The summed E-state index contributed by atoms with van der Waals surface area (Å²) in [5, 5.41) is 4.03. The minimum absolute atomic E-state index is 0.143. The summed E-state index contributed by atoms with van der Waals surface area (Å²) in [5.74, 6) is 1.65. The Balaban J connectivity index is 1.99. The highest BCUT2D eigenvalue weighted by molar-refractivity contribution is 6.10. The van der Waals surface area contributed by atoms with E-state index >= 15 is 0 Å². The molecule has 0 radical (unpaired) electrons. The number of nitrogens with zero attached hydrogens (tertiary/aromatic N) is 2. The van der Waals surface area contributed by atoms with E-state index in [9.17, 15) is 4.79 Å². The number of amides is 1. The molecule has 3 rings (SSSR count). The molecule has 1 amide bonds. The topological polar surface area (TPSA) is 60.4 Å². The Morgan fingerprint density at radius 2 is 2.00 bits per heavy atom. The van der Waals surface area contributed by atoms with Crippen LogP contribution in [0.5, 0.6) is 11.5 Å². The third-order valence-electron chi connectivity index (χ3n) is 3.13. The number of benzene rings is 1. The summed E-state index contributed by atoms with van der Waals surface area (Å²) in [4.78, 5) is 18.9. The molecule has 6 nitrogen and oxygen atoms in total. The molecule has 0 fully saturated rings. The second-order valence-electron chi connectivity index (χ2n) is 4.95. The average molecular weight is 262 g/mol. The van der Waals surface area contributed by atoms with Crippen molar-refractivity contribution in [3.05, 3.63) is 23.8 Å². The predicted molar refractivity (Wildman–Crippen MR) is 67.0 cm³/mol. The van der Waals surface area contributed by atoms with Gasteiger partial charge in [0.25, 0.3) is 5.91 Å². The third-order valence-corrected chi connectivity index (χ3v) is 3.13. The number of carbonyl (C=O) groups is 1. The van der Waals surface area contributed by atoms with Crippen LogP contribution in [0.1, 0.15) is 19.4 Å². The SMILES string of the molecule is CN1C(=O)C(C)(C)ON=C1c1ccc2c(c1)OCO2. The predicted octanol–water partition coefficient (Wildman–Crippen LogP) is 1.34. The maximum Gasteiger partial charge on any atom is 0.274 e. The van der Waals surface area contributed by atoms with Crippen LogP contribution in [0.25, 0.3) is 0 Å². The minimum atomic E-state index is -0.936. The third kappa shape index (κ3) is 1.80. The molecule has 2 aliphatic rings. The number of oxime groups is 1. The summed E-state index contributed by atoms with van der Waals surface area (Å²) >= 11 is 0. The van der Waals surface area contributed by atoms with Gasteiger partial charge >= 0.3 is 0 Å². The molecule has 19 heavy (non-hydrogen) atoms. The molecule has 0 atom stereocenters. The fraction of sp³-hybridized carbons (Fsp3) is 0.385. The zero-order valence-corrected chi connectivity index (χ0v) is 11.0. The molecule has 0 aromatic heterocycles. The van der Waals surface area contributed by atoms with Gasteiger partial charge in [0.1, 0.15) is 0 Å². The molecular formula is C13H14N2O4. The van der Waals surface area contributed by atoms with Crippen molar-refractivity contribution in [1.82, 2.24) is 4.90 Å². The number of likely N-dealkylation sites (N-methyl/N-ethyl adjacent to an activating group) is 1. The summed E-state index contributed by atoms with van der Waals surface area (Å²) < 4.78 is 10.6. The van der Waals surface area contributed by atoms with Crippen LogP contribution in [0.2, 0.25) is 0 Å². The van der Waals surface area contributed by atoms with Crippen LogP contribution in [0.4, 0.5) is 0 Å². The molecule has 1 aromatic rings. The summed E-state index contributed by atoms with van der Waals surface area (Å²) in [5.41, 5.74) is -0.190. The average Bonchev–Trinajstić information content (AvgIpc) is 2.83. The molecule has 0 bridgehead atoms. The lowest BCUT2D eigenvalue weighted by Crippen LogP contribution is -2.51. The minimum Gasteiger partial charge on any atom is -0.454 e. The molecule has 0 saturated carbocycles. The highest BCUT2D eigenvalue weighted by Crippen LogP contribution is 2.33. The van der Waals surface area contributed by atoms with Crippen molar-refractivity contribution in [3.63, 3.8) is 0 Å². The summed E-state index contributed by atoms with van der Waals surface area (Å²) in [6.07, 6.45) is 0. The second kappa shape index (κ2) is 3.88. The Morgan fingerprint density at radius 3 is 2.79 bits per heavy atom. The first-order valence-corrected chi connectivity index (χ1v) is 5.93. The van der Waals surface area contributed by atoms with Gasteiger partial charge in [-0.15, -0.1) is 0 Å². The van der Waals surface area contributed by atoms with Crippen LogP contribution >= 0.6 is 0 Å². The van der Waals surface area contributed by atoms with E-state index in [1.807, 2.05) is 6.07 Å². The summed E-state index contributed by atoms with van der Waals surface area (Å²) in [6, 6.07) is 5.39. The number of hydrogen-bond donors (Lipinski definition) is 0. The molecule has 0 aliphatic carbocycles. The van der Waals surface area contributed by atoms with Gasteiger partial charge in [-0.3, -0.25) is 9.69 Å². The normalized spacial score (nSPS) is 20.1. The zero-order valence-electron chi connectivity index (χ0n) is 11.0. The van der Waals surface area contributed by atoms with E-state index in [0.29, 0.717) is 17.3 Å². The lowest BCUT2D eigenvalue weighted by Gasteiger charge is -2.32. The van der Waals surface area contributed by atoms with E-state index in [4.69, 9.17) is 14.3 Å². The van der Waals surface area contributed by atoms with Crippen molar-refractivity contribution in [1.29, 1.82) is 0 Å². The van der Waals surface area contributed by atoms with Gasteiger partial charge in [-0.05, 0) is 32.0 Å². The molecule has 6 heteroatoms. The fourth-order valence-electron chi connectivity index (χ4n) is 2.04. The van der Waals surface area contributed by atoms with Crippen molar-refractivity contribution in [2.45, 2.75) is 19.4 Å². The summed E-state index contributed by atoms with van der Waals surface area (Å²) in [6.45, 7) is 3.58. The van der Waals surface area contributed by atoms with Gasteiger partial charge in [0.2, 0.25) is 12.4 Å². The van der Waals surface area contributed by atoms with E-state index in [1.165, 1.54) is 4.90 Å². The van der Waals surface area contributed by atoms with Crippen LogP contribution in [-0.2, 0) is 9.63 Å². The Hall–Kier alpha value is -2.24. The number of amidine groups is 1.